The van der Waals surface area contributed by atoms with E-state index in [4.69, 9.17) is 4.74 Å². The lowest BCUT2D eigenvalue weighted by molar-refractivity contribution is 0.0602. The fourth-order valence-electron chi connectivity index (χ4n) is 2.47. The second-order valence-corrected chi connectivity index (χ2v) is 5.25. The van der Waals surface area contributed by atoms with Crippen LogP contribution in [-0.2, 0) is 4.74 Å². The van der Waals surface area contributed by atoms with E-state index in [2.05, 4.69) is 22.3 Å². The number of nitrogens with zero attached hydrogens (tertiary/aromatic N) is 2. The number of benzene rings is 1. The molecule has 0 radical (unpaired) electrons. The largest absolute Gasteiger partial charge is 0.465 e. The summed E-state index contributed by atoms with van der Waals surface area (Å²) in [5.41, 5.74) is 2.52. The van der Waals surface area contributed by atoms with E-state index in [-0.39, 0.29) is 11.5 Å². The number of ether oxygens (including phenoxy) is 1. The molecule has 1 aromatic heterocycles. The maximum Gasteiger partial charge on any atom is 0.339 e. The first-order chi connectivity index (χ1) is 11.5. The van der Waals surface area contributed by atoms with Gasteiger partial charge in [-0.25, -0.2) is 9.48 Å². The van der Waals surface area contributed by atoms with E-state index in [1.165, 1.54) is 13.3 Å². The number of carbonyl (C=O) groups is 2. The maximum atomic E-state index is 12.6. The predicted molar refractivity (Wildman–Crippen MR) is 90.7 cm³/mol. The first-order valence-electron chi connectivity index (χ1n) is 7.22. The van der Waals surface area contributed by atoms with Crippen molar-refractivity contribution in [3.8, 4) is 0 Å². The highest BCUT2D eigenvalue weighted by Gasteiger charge is 2.22. The molecule has 2 aromatic rings. The van der Waals surface area contributed by atoms with Crippen LogP contribution in [0, 0.1) is 0 Å². The third-order valence-electron chi connectivity index (χ3n) is 3.59. The van der Waals surface area contributed by atoms with Crippen LogP contribution in [0.15, 0.2) is 48.8 Å². The molecule has 7 heteroatoms. The molecule has 0 fully saturated rings. The zero-order valence-electron chi connectivity index (χ0n) is 13.3. The zero-order valence-corrected chi connectivity index (χ0v) is 13.3. The molecule has 1 aromatic carbocycles. The molecule has 0 unspecified atom stereocenters. The molecule has 2 N–H and O–H groups in total. The van der Waals surface area contributed by atoms with Crippen LogP contribution in [0.4, 0.5) is 11.5 Å². The predicted octanol–water partition coefficient (Wildman–Crippen LogP) is 2.72. The van der Waals surface area contributed by atoms with E-state index in [9.17, 15) is 9.59 Å². The van der Waals surface area contributed by atoms with Gasteiger partial charge in [0.15, 0.2) is 0 Å². The molecule has 0 saturated carbocycles. The van der Waals surface area contributed by atoms with Crippen LogP contribution >= 0.6 is 0 Å². The molecule has 7 nitrogen and oxygen atoms in total. The molecular formula is C17H16N4O3. The summed E-state index contributed by atoms with van der Waals surface area (Å²) in [5.74, 6) is -0.371. The number of fused-ring (bicyclic) bond motifs is 1. The van der Waals surface area contributed by atoms with Crippen LogP contribution < -0.4 is 10.6 Å². The number of anilines is 2. The van der Waals surface area contributed by atoms with Crippen LogP contribution in [0.25, 0.3) is 5.70 Å². The van der Waals surface area contributed by atoms with Gasteiger partial charge in [0.25, 0.3) is 5.91 Å². The van der Waals surface area contributed by atoms with E-state index in [0.717, 1.165) is 5.70 Å². The average Bonchev–Trinajstić information content (AvgIpc) is 2.98. The summed E-state index contributed by atoms with van der Waals surface area (Å²) in [6, 6.07) is 6.64. The normalized spacial score (nSPS) is 12.8. The summed E-state index contributed by atoms with van der Waals surface area (Å²) >= 11 is 0. The summed E-state index contributed by atoms with van der Waals surface area (Å²) < 4.78 is 6.35. The molecule has 0 atom stereocenters. The number of aromatic nitrogens is 2. The summed E-state index contributed by atoms with van der Waals surface area (Å²) in [6.07, 6.45) is 3.29. The van der Waals surface area contributed by atoms with Crippen LogP contribution in [0.2, 0.25) is 0 Å². The molecule has 1 aliphatic heterocycles. The van der Waals surface area contributed by atoms with Crippen molar-refractivity contribution in [1.82, 2.24) is 9.78 Å². The Kier molecular flexibility index (Phi) is 3.91. The summed E-state index contributed by atoms with van der Waals surface area (Å²) in [7, 11) is 1.29. The van der Waals surface area contributed by atoms with Gasteiger partial charge in [-0.1, -0.05) is 18.7 Å². The fourth-order valence-corrected chi connectivity index (χ4v) is 2.47. The van der Waals surface area contributed by atoms with Gasteiger partial charge in [-0.3, -0.25) is 4.79 Å². The van der Waals surface area contributed by atoms with Gasteiger partial charge in [0.1, 0.15) is 11.4 Å². The molecular weight excluding hydrogens is 308 g/mol. The van der Waals surface area contributed by atoms with Crippen molar-refractivity contribution in [3.63, 3.8) is 0 Å². The maximum absolute atomic E-state index is 12.6. The second kappa shape index (κ2) is 6.04. The quantitative estimate of drug-likeness (QED) is 0.848. The van der Waals surface area contributed by atoms with Gasteiger partial charge < -0.3 is 15.4 Å². The third kappa shape index (κ3) is 2.67. The SMILES string of the molecule is C=C1C=C(C)n2ncc(C(=O)Nc3ccccc3C(=O)OC)c2N1. The van der Waals surface area contributed by atoms with E-state index in [1.54, 1.807) is 28.9 Å². The van der Waals surface area contributed by atoms with Gasteiger partial charge in [0.05, 0.1) is 24.6 Å². The van der Waals surface area contributed by atoms with Crippen molar-refractivity contribution >= 4 is 29.1 Å². The number of rotatable bonds is 3. The van der Waals surface area contributed by atoms with Crippen LogP contribution in [0.3, 0.4) is 0 Å². The minimum atomic E-state index is -0.520. The monoisotopic (exact) mass is 324 g/mol. The number of carbonyl (C=O) groups excluding carboxylic acids is 2. The molecule has 0 saturated heterocycles. The molecule has 0 spiro atoms. The smallest absolute Gasteiger partial charge is 0.339 e. The third-order valence-corrected chi connectivity index (χ3v) is 3.59. The molecule has 0 aliphatic carbocycles. The van der Waals surface area contributed by atoms with E-state index < -0.39 is 5.97 Å². The van der Waals surface area contributed by atoms with Crippen molar-refractivity contribution in [1.29, 1.82) is 0 Å². The number of hydrogen-bond donors (Lipinski definition) is 2. The number of amides is 1. The molecule has 2 heterocycles. The molecule has 1 amide bonds. The van der Waals surface area contributed by atoms with E-state index >= 15 is 0 Å². The Morgan fingerprint density at radius 1 is 1.29 bits per heavy atom. The minimum Gasteiger partial charge on any atom is -0.465 e. The number of nitrogens with one attached hydrogen (secondary N) is 2. The van der Waals surface area contributed by atoms with Crippen molar-refractivity contribution < 1.29 is 14.3 Å². The van der Waals surface area contributed by atoms with Gasteiger partial charge in [-0.15, -0.1) is 0 Å². The molecule has 24 heavy (non-hydrogen) atoms. The number of methoxy groups -OCH3 is 1. The number of allylic oxidation sites excluding steroid dienone is 2. The van der Waals surface area contributed by atoms with Gasteiger partial charge in [0, 0.05) is 11.4 Å². The highest BCUT2D eigenvalue weighted by atomic mass is 16.5. The molecule has 3 rings (SSSR count). The van der Waals surface area contributed by atoms with Crippen molar-refractivity contribution in [2.45, 2.75) is 6.92 Å². The highest BCUT2D eigenvalue weighted by Crippen LogP contribution is 2.27. The second-order valence-electron chi connectivity index (χ2n) is 5.25. The van der Waals surface area contributed by atoms with Gasteiger partial charge in [-0.2, -0.15) is 5.10 Å². The standard InChI is InChI=1S/C17H16N4O3/c1-10-8-11(2)21-15(19-10)13(9-18-21)16(22)20-14-7-5-4-6-12(14)17(23)24-3/h4-9,19H,1H2,2-3H3,(H,20,22). The lowest BCUT2D eigenvalue weighted by Crippen LogP contribution is -2.18. The Bertz CT molecular complexity index is 880. The molecule has 122 valence electrons. The Morgan fingerprint density at radius 3 is 2.79 bits per heavy atom. The van der Waals surface area contributed by atoms with Crippen LogP contribution in [0.5, 0.6) is 0 Å². The fraction of sp³-hybridized carbons (Fsp3) is 0.118. The van der Waals surface area contributed by atoms with E-state index in [0.29, 0.717) is 22.8 Å². The lowest BCUT2D eigenvalue weighted by atomic mass is 10.1. The van der Waals surface area contributed by atoms with Crippen LogP contribution in [0.1, 0.15) is 27.6 Å². The highest BCUT2D eigenvalue weighted by molar-refractivity contribution is 6.10. The van der Waals surface area contributed by atoms with Crippen LogP contribution in [-0.4, -0.2) is 28.8 Å². The van der Waals surface area contributed by atoms with Crippen molar-refractivity contribution in [2.24, 2.45) is 0 Å². The Labute approximate surface area is 138 Å². The van der Waals surface area contributed by atoms with Gasteiger partial charge in [-0.05, 0) is 25.1 Å². The lowest BCUT2D eigenvalue weighted by Gasteiger charge is -2.17. The zero-order chi connectivity index (χ0) is 17.3. The molecule has 1 aliphatic rings. The number of para-hydroxylation sites is 1. The Hall–Kier alpha value is -3.35. The van der Waals surface area contributed by atoms with Crippen molar-refractivity contribution in [2.75, 3.05) is 17.7 Å². The Balaban J connectivity index is 1.92. The Morgan fingerprint density at radius 2 is 2.04 bits per heavy atom. The first kappa shape index (κ1) is 15.5. The van der Waals surface area contributed by atoms with Gasteiger partial charge >= 0.3 is 5.97 Å². The van der Waals surface area contributed by atoms with Crippen molar-refractivity contribution in [3.05, 3.63) is 59.9 Å². The van der Waals surface area contributed by atoms with E-state index in [1.807, 2.05) is 13.0 Å². The summed E-state index contributed by atoms with van der Waals surface area (Å²) in [4.78, 5) is 24.4. The minimum absolute atomic E-state index is 0.280. The van der Waals surface area contributed by atoms with Gasteiger partial charge in [0.2, 0.25) is 0 Å². The summed E-state index contributed by atoms with van der Waals surface area (Å²) in [6.45, 7) is 5.73. The summed E-state index contributed by atoms with van der Waals surface area (Å²) in [5, 5.41) is 9.96. The number of hydrogen-bond acceptors (Lipinski definition) is 5. The average molecular weight is 324 g/mol. The topological polar surface area (TPSA) is 85.2 Å². The molecule has 0 bridgehead atoms. The first-order valence-corrected chi connectivity index (χ1v) is 7.22. The number of esters is 1.